The molecule has 2 fully saturated rings. The molecule has 1 aromatic carbocycles. The molecule has 1 aliphatic carbocycles. The molecule has 0 aromatic heterocycles. The van der Waals surface area contributed by atoms with Crippen LogP contribution in [0.15, 0.2) is 24.3 Å². The van der Waals surface area contributed by atoms with Gasteiger partial charge in [0.15, 0.2) is 0 Å². The third kappa shape index (κ3) is 4.08. The maximum absolute atomic E-state index is 12.5. The molecule has 3 aliphatic rings. The van der Waals surface area contributed by atoms with Crippen LogP contribution in [0, 0.1) is 11.8 Å². The average Bonchev–Trinajstić information content (AvgIpc) is 2.95. The van der Waals surface area contributed by atoms with Crippen LogP contribution in [0.2, 0.25) is 0 Å². The number of nitrogens with zero attached hydrogens (tertiary/aromatic N) is 1. The van der Waals surface area contributed by atoms with Crippen LogP contribution in [0.4, 0.5) is 0 Å². The van der Waals surface area contributed by atoms with Crippen molar-refractivity contribution in [3.63, 3.8) is 0 Å². The molecule has 1 aromatic rings. The van der Waals surface area contributed by atoms with Crippen LogP contribution in [0.5, 0.6) is 0 Å². The van der Waals surface area contributed by atoms with Crippen molar-refractivity contribution >= 4 is 30.1 Å². The van der Waals surface area contributed by atoms with Gasteiger partial charge in [0, 0.05) is 25.6 Å². The second-order valence-electron chi connectivity index (χ2n) is 7.84. The first-order chi connectivity index (χ1) is 13.1. The fourth-order valence-corrected chi connectivity index (χ4v) is 4.74. The fraction of sp³-hybridized carbons (Fsp3) is 0.571. The zero-order chi connectivity index (χ0) is 18.8. The van der Waals surface area contributed by atoms with Crippen LogP contribution in [0.25, 0.3) is 0 Å². The van der Waals surface area contributed by atoms with Gasteiger partial charge in [0.05, 0.1) is 11.8 Å². The lowest BCUT2D eigenvalue weighted by molar-refractivity contribution is -0.140. The van der Waals surface area contributed by atoms with E-state index in [1.807, 2.05) is 12.1 Å². The fourth-order valence-electron chi connectivity index (χ4n) is 4.74. The first-order valence-corrected chi connectivity index (χ1v) is 10.1. The molecular formula is C21H28ClN3O3. The number of benzene rings is 1. The summed E-state index contributed by atoms with van der Waals surface area (Å²) >= 11 is 0. The van der Waals surface area contributed by atoms with Crippen LogP contribution >= 0.6 is 12.4 Å². The quantitative estimate of drug-likeness (QED) is 0.734. The van der Waals surface area contributed by atoms with Gasteiger partial charge in [-0.25, -0.2) is 0 Å². The van der Waals surface area contributed by atoms with Crippen molar-refractivity contribution in [1.82, 2.24) is 15.5 Å². The van der Waals surface area contributed by atoms with E-state index in [1.165, 1.54) is 16.0 Å². The minimum Gasteiger partial charge on any atom is -0.354 e. The summed E-state index contributed by atoms with van der Waals surface area (Å²) in [6, 6.07) is 8.40. The molecule has 152 valence electrons. The highest BCUT2D eigenvalue weighted by atomic mass is 35.5. The lowest BCUT2D eigenvalue weighted by Crippen LogP contribution is -2.40. The Labute approximate surface area is 171 Å². The largest absolute Gasteiger partial charge is 0.354 e. The number of imide groups is 1. The minimum atomic E-state index is -0.141. The highest BCUT2D eigenvalue weighted by Crippen LogP contribution is 2.37. The lowest BCUT2D eigenvalue weighted by atomic mass is 9.81. The van der Waals surface area contributed by atoms with Crippen molar-refractivity contribution in [2.75, 3.05) is 19.6 Å². The third-order valence-corrected chi connectivity index (χ3v) is 6.21. The SMILES string of the molecule is Cl.O=C(CCN1C(=O)C2CCCCC2C1=O)NCC1NCCc2ccccc21. The van der Waals surface area contributed by atoms with Gasteiger partial charge in [0.1, 0.15) is 0 Å². The van der Waals surface area contributed by atoms with E-state index in [-0.39, 0.29) is 61.0 Å². The zero-order valence-electron chi connectivity index (χ0n) is 16.0. The van der Waals surface area contributed by atoms with Crippen molar-refractivity contribution in [2.24, 2.45) is 11.8 Å². The number of rotatable bonds is 5. The molecular weight excluding hydrogens is 378 g/mol. The predicted molar refractivity (Wildman–Crippen MR) is 108 cm³/mol. The molecule has 4 rings (SSSR count). The molecule has 6 nitrogen and oxygen atoms in total. The number of amides is 3. The van der Waals surface area contributed by atoms with Crippen LogP contribution in [-0.4, -0.2) is 42.3 Å². The molecule has 3 unspecified atom stereocenters. The smallest absolute Gasteiger partial charge is 0.233 e. The Hall–Kier alpha value is -1.92. The number of fused-ring (bicyclic) bond motifs is 2. The van der Waals surface area contributed by atoms with E-state index in [4.69, 9.17) is 0 Å². The van der Waals surface area contributed by atoms with Gasteiger partial charge in [0.25, 0.3) is 0 Å². The average molecular weight is 406 g/mol. The topological polar surface area (TPSA) is 78.5 Å². The molecule has 0 spiro atoms. The summed E-state index contributed by atoms with van der Waals surface area (Å²) in [5.74, 6) is -0.537. The molecule has 2 N–H and O–H groups in total. The Morgan fingerprint density at radius 3 is 2.50 bits per heavy atom. The number of halogens is 1. The van der Waals surface area contributed by atoms with Crippen LogP contribution < -0.4 is 10.6 Å². The number of hydrogen-bond acceptors (Lipinski definition) is 4. The Bertz CT molecular complexity index is 730. The summed E-state index contributed by atoms with van der Waals surface area (Å²) in [5.41, 5.74) is 2.56. The zero-order valence-corrected chi connectivity index (χ0v) is 16.8. The van der Waals surface area contributed by atoms with Gasteiger partial charge in [-0.3, -0.25) is 19.3 Å². The molecule has 1 saturated carbocycles. The molecule has 28 heavy (non-hydrogen) atoms. The monoisotopic (exact) mass is 405 g/mol. The predicted octanol–water partition coefficient (Wildman–Crippen LogP) is 1.98. The number of likely N-dealkylation sites (tertiary alicyclic amines) is 1. The summed E-state index contributed by atoms with van der Waals surface area (Å²) in [4.78, 5) is 38.6. The van der Waals surface area contributed by atoms with Gasteiger partial charge in [-0.15, -0.1) is 12.4 Å². The molecule has 2 aliphatic heterocycles. The Kier molecular flexibility index (Phi) is 6.73. The molecule has 2 heterocycles. The highest BCUT2D eigenvalue weighted by molar-refractivity contribution is 6.05. The third-order valence-electron chi connectivity index (χ3n) is 6.21. The molecule has 1 saturated heterocycles. The first-order valence-electron chi connectivity index (χ1n) is 10.1. The van der Waals surface area contributed by atoms with Crippen molar-refractivity contribution in [3.8, 4) is 0 Å². The van der Waals surface area contributed by atoms with Crippen molar-refractivity contribution in [1.29, 1.82) is 0 Å². The molecule has 0 radical (unpaired) electrons. The number of carbonyl (C=O) groups excluding carboxylic acids is 3. The second-order valence-corrected chi connectivity index (χ2v) is 7.84. The summed E-state index contributed by atoms with van der Waals surface area (Å²) < 4.78 is 0. The van der Waals surface area contributed by atoms with Gasteiger partial charge in [-0.05, 0) is 36.9 Å². The van der Waals surface area contributed by atoms with E-state index >= 15 is 0 Å². The van der Waals surface area contributed by atoms with Gasteiger partial charge in [-0.2, -0.15) is 0 Å². The molecule has 3 atom stereocenters. The van der Waals surface area contributed by atoms with Gasteiger partial charge < -0.3 is 10.6 Å². The Morgan fingerprint density at radius 2 is 1.79 bits per heavy atom. The van der Waals surface area contributed by atoms with Crippen LogP contribution in [0.3, 0.4) is 0 Å². The number of nitrogens with one attached hydrogen (secondary N) is 2. The van der Waals surface area contributed by atoms with Gasteiger partial charge >= 0.3 is 0 Å². The lowest BCUT2D eigenvalue weighted by Gasteiger charge is -2.27. The first kappa shape index (κ1) is 20.8. The summed E-state index contributed by atoms with van der Waals surface area (Å²) in [7, 11) is 0. The van der Waals surface area contributed by atoms with E-state index in [2.05, 4.69) is 22.8 Å². The molecule has 7 heteroatoms. The van der Waals surface area contributed by atoms with Gasteiger partial charge in [-0.1, -0.05) is 37.1 Å². The van der Waals surface area contributed by atoms with E-state index < -0.39 is 0 Å². The van der Waals surface area contributed by atoms with E-state index in [1.54, 1.807) is 0 Å². The van der Waals surface area contributed by atoms with E-state index in [0.29, 0.717) is 6.54 Å². The Balaban J connectivity index is 0.00000225. The number of carbonyl (C=O) groups is 3. The van der Waals surface area contributed by atoms with Crippen molar-refractivity contribution in [2.45, 2.75) is 44.6 Å². The molecule has 0 bridgehead atoms. The second kappa shape index (κ2) is 9.05. The minimum absolute atomic E-state index is 0. The van der Waals surface area contributed by atoms with E-state index in [0.717, 1.165) is 38.6 Å². The summed E-state index contributed by atoms with van der Waals surface area (Å²) in [6.45, 7) is 1.62. The highest BCUT2D eigenvalue weighted by Gasteiger charge is 2.47. The van der Waals surface area contributed by atoms with Crippen LogP contribution in [0.1, 0.15) is 49.3 Å². The van der Waals surface area contributed by atoms with Crippen molar-refractivity contribution in [3.05, 3.63) is 35.4 Å². The normalized spacial score (nSPS) is 26.3. The Morgan fingerprint density at radius 1 is 1.11 bits per heavy atom. The number of hydrogen-bond donors (Lipinski definition) is 2. The summed E-state index contributed by atoms with van der Waals surface area (Å²) in [6.07, 6.45) is 4.83. The standard InChI is InChI=1S/C21H27N3O3.ClH/c25-19(23-13-18-15-6-2-1-5-14(15)9-11-22-18)10-12-24-20(26)16-7-3-4-8-17(16)21(24)27;/h1-2,5-6,16-18,22H,3-4,7-13H2,(H,23,25);1H. The maximum atomic E-state index is 12.5. The maximum Gasteiger partial charge on any atom is 0.233 e. The summed E-state index contributed by atoms with van der Waals surface area (Å²) in [5, 5.41) is 6.40. The van der Waals surface area contributed by atoms with Gasteiger partial charge in [0.2, 0.25) is 17.7 Å². The van der Waals surface area contributed by atoms with Crippen LogP contribution in [-0.2, 0) is 20.8 Å². The van der Waals surface area contributed by atoms with Crippen molar-refractivity contribution < 1.29 is 14.4 Å². The molecule has 3 amide bonds. The van der Waals surface area contributed by atoms with E-state index in [9.17, 15) is 14.4 Å².